The van der Waals surface area contributed by atoms with Gasteiger partial charge >= 0.3 is 5.69 Å². The highest BCUT2D eigenvalue weighted by molar-refractivity contribution is 7.89. The molecule has 1 aromatic heterocycles. The number of carbonyl (C=O) groups is 1. The summed E-state index contributed by atoms with van der Waals surface area (Å²) in [6, 6.07) is 12.9. The Balaban J connectivity index is 1.11. The third-order valence-corrected chi connectivity index (χ3v) is 8.96. The van der Waals surface area contributed by atoms with Crippen LogP contribution in [0.5, 0.6) is 0 Å². The number of hydrogen-bond acceptors (Lipinski definition) is 5. The zero-order valence-corrected chi connectivity index (χ0v) is 20.5. The van der Waals surface area contributed by atoms with Crippen LogP contribution in [0.15, 0.2) is 52.2 Å². The van der Waals surface area contributed by atoms with E-state index in [1.54, 1.807) is 16.7 Å². The maximum Gasteiger partial charge on any atom is 0.345 e. The molecule has 0 saturated carbocycles. The van der Waals surface area contributed by atoms with Gasteiger partial charge < -0.3 is 5.32 Å². The molecule has 3 aromatic rings. The molecule has 2 aliphatic heterocycles. The van der Waals surface area contributed by atoms with E-state index < -0.39 is 10.0 Å². The molecule has 35 heavy (non-hydrogen) atoms. The van der Waals surface area contributed by atoms with E-state index in [-0.39, 0.29) is 22.4 Å². The van der Waals surface area contributed by atoms with E-state index in [1.807, 2.05) is 30.3 Å². The molecule has 186 valence electrons. The fraction of sp³-hybridized carbons (Fsp3) is 0.480. The van der Waals surface area contributed by atoms with Crippen molar-refractivity contribution < 1.29 is 13.2 Å². The first-order valence-electron chi connectivity index (χ1n) is 12.4. The number of sulfonamides is 1. The Labute approximate surface area is 204 Å². The van der Waals surface area contributed by atoms with Crippen molar-refractivity contribution in [2.45, 2.75) is 56.5 Å². The Kier molecular flexibility index (Phi) is 6.75. The van der Waals surface area contributed by atoms with Gasteiger partial charge in [0.1, 0.15) is 5.82 Å². The van der Waals surface area contributed by atoms with Gasteiger partial charge in [-0.2, -0.15) is 9.40 Å². The molecule has 0 bridgehead atoms. The van der Waals surface area contributed by atoms with E-state index in [4.69, 9.17) is 0 Å². The average molecular weight is 498 g/mol. The molecule has 1 saturated heterocycles. The first-order chi connectivity index (χ1) is 16.9. The molecule has 1 N–H and O–H groups in total. The summed E-state index contributed by atoms with van der Waals surface area (Å²) in [5.74, 6) is 0.598. The number of fused-ring (bicyclic) bond motifs is 2. The van der Waals surface area contributed by atoms with Crippen LogP contribution in [-0.2, 0) is 34.3 Å². The number of aromatic nitrogens is 3. The van der Waals surface area contributed by atoms with Crippen molar-refractivity contribution in [3.05, 3.63) is 58.8 Å². The predicted molar refractivity (Wildman–Crippen MR) is 132 cm³/mol. The van der Waals surface area contributed by atoms with Gasteiger partial charge in [0.2, 0.25) is 15.9 Å². The highest BCUT2D eigenvalue weighted by Crippen LogP contribution is 2.26. The van der Waals surface area contributed by atoms with E-state index in [9.17, 15) is 18.0 Å². The summed E-state index contributed by atoms with van der Waals surface area (Å²) in [5, 5.41) is 9.26. The Hall–Kier alpha value is -2.98. The third-order valence-electron chi connectivity index (χ3n) is 7.06. The van der Waals surface area contributed by atoms with Crippen molar-refractivity contribution in [3.63, 3.8) is 0 Å². The largest absolute Gasteiger partial charge is 0.356 e. The van der Waals surface area contributed by atoms with Gasteiger partial charge in [-0.05, 0) is 55.0 Å². The van der Waals surface area contributed by atoms with Gasteiger partial charge in [-0.15, -0.1) is 0 Å². The van der Waals surface area contributed by atoms with Gasteiger partial charge in [0.05, 0.1) is 4.90 Å². The molecule has 0 aliphatic carbocycles. The van der Waals surface area contributed by atoms with Crippen LogP contribution in [0.25, 0.3) is 10.8 Å². The fourth-order valence-electron chi connectivity index (χ4n) is 5.01. The highest BCUT2D eigenvalue weighted by atomic mass is 32.2. The van der Waals surface area contributed by atoms with Gasteiger partial charge in [0.25, 0.3) is 0 Å². The number of rotatable bonds is 7. The number of nitrogens with zero attached hydrogens (tertiary/aromatic N) is 4. The summed E-state index contributed by atoms with van der Waals surface area (Å²) < 4.78 is 31.0. The summed E-state index contributed by atoms with van der Waals surface area (Å²) in [5.41, 5.74) is -0.0639. The van der Waals surface area contributed by atoms with Crippen molar-refractivity contribution in [2.24, 2.45) is 5.92 Å². The molecule has 0 spiro atoms. The highest BCUT2D eigenvalue weighted by Gasteiger charge is 2.32. The number of carbonyl (C=O) groups excluding carboxylic acids is 1. The lowest BCUT2D eigenvalue weighted by atomic mass is 9.97. The standard InChI is InChI=1S/C25H31N5O4S/c31-24(26-13-5-15-30-25(32)29-14-4-3-8-23(29)27-30)20-11-16-28(17-12-20)35(33,34)22-10-9-19-6-1-2-7-21(19)18-22/h1-2,6-7,9-10,18,20H,3-5,8,11-17H2,(H,26,31). The molecule has 5 rings (SSSR count). The van der Waals surface area contributed by atoms with Crippen LogP contribution < -0.4 is 11.0 Å². The molecule has 2 aromatic carbocycles. The second kappa shape index (κ2) is 9.94. The minimum Gasteiger partial charge on any atom is -0.356 e. The van der Waals surface area contributed by atoms with E-state index in [0.717, 1.165) is 42.4 Å². The number of amides is 1. The minimum absolute atomic E-state index is 0.0516. The topological polar surface area (TPSA) is 106 Å². The summed E-state index contributed by atoms with van der Waals surface area (Å²) >= 11 is 0. The normalized spacial score (nSPS) is 17.4. The summed E-state index contributed by atoms with van der Waals surface area (Å²) in [6.07, 6.45) is 4.52. The van der Waals surface area contributed by atoms with E-state index >= 15 is 0 Å². The number of piperidine rings is 1. The van der Waals surface area contributed by atoms with Gasteiger partial charge in [0.15, 0.2) is 0 Å². The van der Waals surface area contributed by atoms with Crippen LogP contribution in [0, 0.1) is 5.92 Å². The van der Waals surface area contributed by atoms with Crippen LogP contribution in [0.2, 0.25) is 0 Å². The lowest BCUT2D eigenvalue weighted by molar-refractivity contribution is -0.126. The van der Waals surface area contributed by atoms with Crippen molar-refractivity contribution in [3.8, 4) is 0 Å². The summed E-state index contributed by atoms with van der Waals surface area (Å²) in [4.78, 5) is 25.3. The van der Waals surface area contributed by atoms with E-state index in [0.29, 0.717) is 45.4 Å². The van der Waals surface area contributed by atoms with E-state index in [2.05, 4.69) is 10.4 Å². The Bertz CT molecular complexity index is 1390. The van der Waals surface area contributed by atoms with Crippen LogP contribution in [0.1, 0.15) is 37.9 Å². The van der Waals surface area contributed by atoms with Gasteiger partial charge in [0, 0.05) is 45.1 Å². The van der Waals surface area contributed by atoms with Crippen molar-refractivity contribution in [1.82, 2.24) is 24.0 Å². The zero-order chi connectivity index (χ0) is 24.4. The Morgan fingerprint density at radius 1 is 1.03 bits per heavy atom. The molecule has 2 aliphatic rings. The Morgan fingerprint density at radius 2 is 1.80 bits per heavy atom. The van der Waals surface area contributed by atoms with Crippen LogP contribution in [0.4, 0.5) is 0 Å². The smallest absolute Gasteiger partial charge is 0.345 e. The van der Waals surface area contributed by atoms with Crippen LogP contribution >= 0.6 is 0 Å². The zero-order valence-electron chi connectivity index (χ0n) is 19.7. The van der Waals surface area contributed by atoms with Crippen molar-refractivity contribution in [2.75, 3.05) is 19.6 Å². The molecular weight excluding hydrogens is 466 g/mol. The molecule has 0 radical (unpaired) electrons. The summed E-state index contributed by atoms with van der Waals surface area (Å²) in [6.45, 7) is 2.32. The number of nitrogens with one attached hydrogen (secondary N) is 1. The quantitative estimate of drug-likeness (QED) is 0.504. The van der Waals surface area contributed by atoms with Crippen molar-refractivity contribution >= 4 is 26.7 Å². The monoisotopic (exact) mass is 497 g/mol. The first-order valence-corrected chi connectivity index (χ1v) is 13.8. The molecular formula is C25H31N5O4S. The van der Waals surface area contributed by atoms with Crippen LogP contribution in [0.3, 0.4) is 0 Å². The second-order valence-electron chi connectivity index (χ2n) is 9.36. The third kappa shape index (κ3) is 4.90. The lowest BCUT2D eigenvalue weighted by Crippen LogP contribution is -2.43. The average Bonchev–Trinajstić information content (AvgIpc) is 3.21. The second-order valence-corrected chi connectivity index (χ2v) is 11.3. The fourth-order valence-corrected chi connectivity index (χ4v) is 6.52. The molecule has 9 nitrogen and oxygen atoms in total. The molecule has 3 heterocycles. The lowest BCUT2D eigenvalue weighted by Gasteiger charge is -2.30. The number of aryl methyl sites for hydroxylation is 2. The molecule has 0 atom stereocenters. The first kappa shape index (κ1) is 23.7. The molecule has 0 unspecified atom stereocenters. The molecule has 10 heteroatoms. The van der Waals surface area contributed by atoms with E-state index in [1.165, 1.54) is 8.99 Å². The Morgan fingerprint density at radius 3 is 2.57 bits per heavy atom. The van der Waals surface area contributed by atoms with Gasteiger partial charge in [-0.3, -0.25) is 9.36 Å². The number of hydrogen-bond donors (Lipinski definition) is 1. The summed E-state index contributed by atoms with van der Waals surface area (Å²) in [7, 11) is -3.60. The number of benzene rings is 2. The molecule has 1 fully saturated rings. The SMILES string of the molecule is O=C(NCCCn1nc2n(c1=O)CCCC2)C1CCN(S(=O)(=O)c2ccc3ccccc3c2)CC1. The van der Waals surface area contributed by atoms with Crippen molar-refractivity contribution in [1.29, 1.82) is 0 Å². The predicted octanol–water partition coefficient (Wildman–Crippen LogP) is 2.14. The van der Waals surface area contributed by atoms with Gasteiger partial charge in [-0.1, -0.05) is 30.3 Å². The van der Waals surface area contributed by atoms with Gasteiger partial charge in [-0.25, -0.2) is 17.9 Å². The molecule has 1 amide bonds. The minimum atomic E-state index is -3.60. The maximum absolute atomic E-state index is 13.1. The maximum atomic E-state index is 13.1. The van der Waals surface area contributed by atoms with Crippen LogP contribution in [-0.4, -0.2) is 52.6 Å².